The minimum Gasteiger partial charge on any atom is -0.469 e. The molecule has 2 N–H and O–H groups in total. The fraction of sp³-hybridized carbons (Fsp3) is 0.878. The van der Waals surface area contributed by atoms with Crippen molar-refractivity contribution in [3.63, 3.8) is 0 Å². The van der Waals surface area contributed by atoms with Crippen LogP contribution in [-0.2, 0) is 66.8 Å². The summed E-state index contributed by atoms with van der Waals surface area (Å²) in [4.78, 5) is 94.1. The third kappa shape index (κ3) is 82.3. The normalized spacial score (nSPS) is 12.2. The van der Waals surface area contributed by atoms with E-state index in [1.807, 2.05) is 0 Å². The maximum atomic E-state index is 12.7. The summed E-state index contributed by atoms with van der Waals surface area (Å²) in [5, 5.41) is 6.12. The van der Waals surface area contributed by atoms with Crippen LogP contribution in [0.2, 0.25) is 0 Å². The molecule has 0 saturated heterocycles. The molecule has 0 rings (SSSR count). The highest BCUT2D eigenvalue weighted by molar-refractivity contribution is 5.81. The molecule has 0 bridgehead atoms. The molecule has 0 heterocycles. The lowest BCUT2D eigenvalue weighted by Crippen LogP contribution is -2.34. The molecule has 0 aliphatic rings. The lowest BCUT2D eigenvalue weighted by molar-refractivity contribution is -0.149. The summed E-state index contributed by atoms with van der Waals surface area (Å²) >= 11 is 0. The standard InChI is InChI=1S/C86H162N2O10.C12H20O4/c1-7-12-16-20-32-45-59-77(79(61-47-34-22-18-14-9-3)65-51-38-26-30-42-55-69-84(92)95-6)63-49-36-24-28-40-53-67-81(89)87-72-73-88-82(90)68-54-41-29-25-37-50-64-78(60-46-33-21-17-13-8-2)80(62-48-35-23-19-15-10-4)66-52-39-27-31-43-56-70-85(93)96-74-58-44-57-71-86(94)98-76-75-97-83(91)11-5;1-3-5-6-7-8-12(14)16-10-9-15-11(13)4-2/h11,77-80H,5,7-10,12-76H2,1-4,6H3,(H,87,89)(H,88,90);4H,2-3,5-10H2,1H3. The predicted octanol–water partition coefficient (Wildman–Crippen LogP) is 26.9. The fourth-order valence-electron chi connectivity index (χ4n) is 15.8. The van der Waals surface area contributed by atoms with Gasteiger partial charge in [0.25, 0.3) is 0 Å². The Morgan fingerprint density at radius 3 is 0.675 bits per heavy atom. The molecule has 0 saturated carbocycles. The van der Waals surface area contributed by atoms with Crippen molar-refractivity contribution in [2.45, 2.75) is 478 Å². The van der Waals surface area contributed by atoms with Crippen molar-refractivity contribution in [1.29, 1.82) is 0 Å². The van der Waals surface area contributed by atoms with Gasteiger partial charge in [-0.25, -0.2) is 9.59 Å². The van der Waals surface area contributed by atoms with Gasteiger partial charge >= 0.3 is 35.8 Å². The van der Waals surface area contributed by atoms with Crippen LogP contribution in [0.3, 0.4) is 0 Å². The first-order chi connectivity index (χ1) is 55.7. The van der Waals surface area contributed by atoms with Gasteiger partial charge in [0, 0.05) is 63.8 Å². The summed E-state index contributed by atoms with van der Waals surface area (Å²) in [7, 11) is 1.49. The molecular weight excluding hydrogens is 1430 g/mol. The van der Waals surface area contributed by atoms with E-state index >= 15 is 0 Å². The molecular formula is C98H182N2O14. The SMILES string of the molecule is C=CC(=O)OCCOC(=O)CCCCCC.C=CC(=O)OCCOC(=O)CCCCCOC(=O)CCCCCCCCC(CCCCCCCC)C(CCCCCCCC)CCCCCCCCC(=O)NCCNC(=O)CCCCCCCCC(CCCCCCCC)C(CCCCCCCC)CCCCCCCCC(=O)OC. The first kappa shape index (κ1) is 111. The molecule has 4 unspecified atom stereocenters. The van der Waals surface area contributed by atoms with Crippen molar-refractivity contribution in [2.24, 2.45) is 23.7 Å². The maximum absolute atomic E-state index is 12.7. The van der Waals surface area contributed by atoms with Gasteiger partial charge in [0.1, 0.15) is 26.4 Å². The van der Waals surface area contributed by atoms with Gasteiger partial charge in [-0.3, -0.25) is 28.8 Å². The van der Waals surface area contributed by atoms with Gasteiger partial charge in [-0.2, -0.15) is 0 Å². The maximum Gasteiger partial charge on any atom is 0.330 e. The molecule has 4 atom stereocenters. The van der Waals surface area contributed by atoms with E-state index in [1.54, 1.807) is 0 Å². The van der Waals surface area contributed by atoms with Gasteiger partial charge in [0.05, 0.1) is 13.7 Å². The third-order valence-electron chi connectivity index (χ3n) is 23.0. The molecule has 0 aromatic heterocycles. The molecule has 0 fully saturated rings. The highest BCUT2D eigenvalue weighted by Crippen LogP contribution is 2.36. The second-order valence-electron chi connectivity index (χ2n) is 33.2. The number of carbonyl (C=O) groups excluding carboxylic acids is 8. The van der Waals surface area contributed by atoms with Crippen LogP contribution in [-0.4, -0.2) is 101 Å². The highest BCUT2D eigenvalue weighted by Gasteiger charge is 2.23. The van der Waals surface area contributed by atoms with E-state index in [1.165, 1.54) is 315 Å². The van der Waals surface area contributed by atoms with Gasteiger partial charge < -0.3 is 39.1 Å². The minimum absolute atomic E-state index is 0.0187. The lowest BCUT2D eigenvalue weighted by atomic mass is 9.78. The minimum atomic E-state index is -0.538. The zero-order chi connectivity index (χ0) is 83.7. The number of hydrogen-bond acceptors (Lipinski definition) is 14. The van der Waals surface area contributed by atoms with Gasteiger partial charge in [-0.1, -0.05) is 401 Å². The van der Waals surface area contributed by atoms with Crippen LogP contribution in [0, 0.1) is 23.7 Å². The number of ether oxygens (including phenoxy) is 6. The van der Waals surface area contributed by atoms with Crippen molar-refractivity contribution in [3.8, 4) is 0 Å². The van der Waals surface area contributed by atoms with Crippen molar-refractivity contribution in [2.75, 3.05) is 53.2 Å². The van der Waals surface area contributed by atoms with Crippen LogP contribution >= 0.6 is 0 Å². The predicted molar refractivity (Wildman–Crippen MR) is 474 cm³/mol. The van der Waals surface area contributed by atoms with Crippen molar-refractivity contribution >= 4 is 47.6 Å². The molecule has 0 spiro atoms. The Bertz CT molecular complexity index is 2210. The monoisotopic (exact) mass is 1610 g/mol. The lowest BCUT2D eigenvalue weighted by Gasteiger charge is -2.28. The van der Waals surface area contributed by atoms with Gasteiger partial charge in [0.15, 0.2) is 0 Å². The fourth-order valence-corrected chi connectivity index (χ4v) is 15.8. The van der Waals surface area contributed by atoms with Crippen molar-refractivity contribution in [1.82, 2.24) is 10.6 Å². The molecule has 0 aromatic carbocycles. The molecule has 0 radical (unpaired) electrons. The quantitative estimate of drug-likeness (QED) is 0.0251. The second kappa shape index (κ2) is 90.6. The molecule has 668 valence electrons. The Hall–Kier alpha value is -4.76. The van der Waals surface area contributed by atoms with Crippen LogP contribution < -0.4 is 10.6 Å². The summed E-state index contributed by atoms with van der Waals surface area (Å²) in [5.41, 5.74) is 0. The summed E-state index contributed by atoms with van der Waals surface area (Å²) in [6, 6.07) is 0. The Labute approximate surface area is 701 Å². The zero-order valence-corrected chi connectivity index (χ0v) is 75.3. The van der Waals surface area contributed by atoms with Gasteiger partial charge in [0.2, 0.25) is 11.8 Å². The van der Waals surface area contributed by atoms with Crippen LogP contribution in [0.15, 0.2) is 25.3 Å². The Balaban J connectivity index is 0. The number of rotatable bonds is 88. The Morgan fingerprint density at radius 2 is 0.430 bits per heavy atom. The topological polar surface area (TPSA) is 216 Å². The third-order valence-corrected chi connectivity index (χ3v) is 23.0. The smallest absolute Gasteiger partial charge is 0.330 e. The zero-order valence-electron chi connectivity index (χ0n) is 75.3. The number of esters is 6. The van der Waals surface area contributed by atoms with Crippen LogP contribution in [0.1, 0.15) is 478 Å². The average Bonchev–Trinajstić information content (AvgIpc) is 0.919. The van der Waals surface area contributed by atoms with Gasteiger partial charge in [-0.05, 0) is 75.0 Å². The highest BCUT2D eigenvalue weighted by atomic mass is 16.6. The molecule has 0 aromatic rings. The summed E-state index contributed by atoms with van der Waals surface area (Å²) in [5.74, 6) is 1.81. The number of nitrogens with one attached hydrogen (secondary N) is 2. The summed E-state index contributed by atoms with van der Waals surface area (Å²) in [6.45, 7) is 19.6. The van der Waals surface area contributed by atoms with Crippen molar-refractivity contribution < 1.29 is 66.8 Å². The van der Waals surface area contributed by atoms with Crippen LogP contribution in [0.25, 0.3) is 0 Å². The van der Waals surface area contributed by atoms with E-state index in [0.29, 0.717) is 58.2 Å². The number of methoxy groups -OCH3 is 1. The van der Waals surface area contributed by atoms with Crippen LogP contribution in [0.4, 0.5) is 0 Å². The Kier molecular flexibility index (Phi) is 88.4. The number of carbonyl (C=O) groups is 8. The van der Waals surface area contributed by atoms with E-state index < -0.39 is 11.9 Å². The Morgan fingerprint density at radius 1 is 0.237 bits per heavy atom. The van der Waals surface area contributed by atoms with E-state index in [4.69, 9.17) is 23.7 Å². The number of amides is 2. The molecule has 16 heteroatoms. The molecule has 16 nitrogen and oxygen atoms in total. The van der Waals surface area contributed by atoms with E-state index in [2.05, 4.69) is 63.1 Å². The largest absolute Gasteiger partial charge is 0.469 e. The summed E-state index contributed by atoms with van der Waals surface area (Å²) in [6.07, 6.45) is 83.9. The molecule has 114 heavy (non-hydrogen) atoms. The average molecular weight is 1610 g/mol. The molecule has 0 aliphatic carbocycles. The molecule has 2 amide bonds. The first-order valence-corrected chi connectivity index (χ1v) is 48.4. The second-order valence-corrected chi connectivity index (χ2v) is 33.2. The number of unbranched alkanes of at least 4 members (excludes halogenated alkanes) is 45. The summed E-state index contributed by atoms with van der Waals surface area (Å²) < 4.78 is 29.7. The first-order valence-electron chi connectivity index (χ1n) is 48.4. The van der Waals surface area contributed by atoms with E-state index in [-0.39, 0.29) is 68.5 Å². The van der Waals surface area contributed by atoms with E-state index in [9.17, 15) is 38.4 Å². The van der Waals surface area contributed by atoms with E-state index in [0.717, 1.165) is 126 Å². The number of hydrogen-bond donors (Lipinski definition) is 2. The molecule has 0 aliphatic heterocycles. The van der Waals surface area contributed by atoms with Crippen LogP contribution in [0.5, 0.6) is 0 Å². The van der Waals surface area contributed by atoms with Gasteiger partial charge in [-0.15, -0.1) is 0 Å². The van der Waals surface area contributed by atoms with Crippen molar-refractivity contribution in [3.05, 3.63) is 25.3 Å².